The quantitative estimate of drug-likeness (QED) is 0.920. The van der Waals surface area contributed by atoms with Crippen molar-refractivity contribution in [3.8, 4) is 0 Å². The molecule has 0 aromatic heterocycles. The van der Waals surface area contributed by atoms with Gasteiger partial charge in [0.2, 0.25) is 0 Å². The summed E-state index contributed by atoms with van der Waals surface area (Å²) in [6.07, 6.45) is 3.42. The molecule has 1 heterocycles. The highest BCUT2D eigenvalue weighted by Crippen LogP contribution is 2.37. The number of carbonyl (C=O) groups is 1. The topological polar surface area (TPSA) is 41.6 Å². The van der Waals surface area contributed by atoms with E-state index < -0.39 is 0 Å². The van der Waals surface area contributed by atoms with E-state index in [0.29, 0.717) is 12.1 Å². The molecule has 1 saturated carbocycles. The third-order valence-electron chi connectivity index (χ3n) is 4.63. The van der Waals surface area contributed by atoms with Crippen LogP contribution < -0.4 is 5.32 Å². The summed E-state index contributed by atoms with van der Waals surface area (Å²) in [5.41, 5.74) is 0.457. The third kappa shape index (κ3) is 3.09. The van der Waals surface area contributed by atoms with Crippen LogP contribution in [0.3, 0.4) is 0 Å². The van der Waals surface area contributed by atoms with Crippen LogP contribution in [-0.4, -0.2) is 49.2 Å². The fraction of sp³-hybridized carbons (Fsp3) is 0.562. The van der Waals surface area contributed by atoms with Gasteiger partial charge in [-0.2, -0.15) is 0 Å². The summed E-state index contributed by atoms with van der Waals surface area (Å²) in [5, 5.41) is 2.98. The molecule has 5 heteroatoms. The molecular weight excluding hydrogens is 271 g/mol. The molecule has 21 heavy (non-hydrogen) atoms. The van der Waals surface area contributed by atoms with Crippen LogP contribution >= 0.6 is 0 Å². The summed E-state index contributed by atoms with van der Waals surface area (Å²) < 4.78 is 18.6. The Morgan fingerprint density at radius 2 is 2.10 bits per heavy atom. The Bertz CT molecular complexity index is 511. The summed E-state index contributed by atoms with van der Waals surface area (Å²) in [7, 11) is 0. The normalized spacial score (nSPS) is 21.6. The van der Waals surface area contributed by atoms with Crippen molar-refractivity contribution in [2.75, 3.05) is 32.8 Å². The Morgan fingerprint density at radius 1 is 1.33 bits per heavy atom. The van der Waals surface area contributed by atoms with Crippen molar-refractivity contribution in [3.63, 3.8) is 0 Å². The molecule has 1 N–H and O–H groups in total. The van der Waals surface area contributed by atoms with Crippen LogP contribution in [0.25, 0.3) is 0 Å². The van der Waals surface area contributed by atoms with E-state index in [-0.39, 0.29) is 17.3 Å². The van der Waals surface area contributed by atoms with Crippen LogP contribution in [0.1, 0.15) is 29.6 Å². The maximum Gasteiger partial charge on any atom is 0.251 e. The van der Waals surface area contributed by atoms with E-state index in [1.165, 1.54) is 18.6 Å². The van der Waals surface area contributed by atoms with Gasteiger partial charge in [0.1, 0.15) is 5.82 Å². The zero-order chi connectivity index (χ0) is 14.7. The van der Waals surface area contributed by atoms with Gasteiger partial charge in [0, 0.05) is 30.7 Å². The summed E-state index contributed by atoms with van der Waals surface area (Å²) in [5.74, 6) is -0.580. The van der Waals surface area contributed by atoms with Crippen molar-refractivity contribution in [1.29, 1.82) is 0 Å². The van der Waals surface area contributed by atoms with Crippen molar-refractivity contribution in [1.82, 2.24) is 10.2 Å². The van der Waals surface area contributed by atoms with E-state index >= 15 is 0 Å². The van der Waals surface area contributed by atoms with Gasteiger partial charge in [-0.3, -0.25) is 9.69 Å². The zero-order valence-electron chi connectivity index (χ0n) is 12.1. The number of carbonyl (C=O) groups excluding carboxylic acids is 1. The zero-order valence-corrected chi connectivity index (χ0v) is 12.1. The molecule has 0 atom stereocenters. The highest BCUT2D eigenvalue weighted by Gasteiger charge is 2.42. The van der Waals surface area contributed by atoms with Gasteiger partial charge in [-0.25, -0.2) is 4.39 Å². The highest BCUT2D eigenvalue weighted by atomic mass is 19.1. The average molecular weight is 292 g/mol. The number of rotatable bonds is 4. The molecule has 0 spiro atoms. The number of hydrogen-bond acceptors (Lipinski definition) is 3. The van der Waals surface area contributed by atoms with E-state index in [0.717, 1.165) is 39.1 Å². The van der Waals surface area contributed by atoms with E-state index in [1.807, 2.05) is 0 Å². The molecule has 4 nitrogen and oxygen atoms in total. The highest BCUT2D eigenvalue weighted by molar-refractivity contribution is 5.94. The van der Waals surface area contributed by atoms with Gasteiger partial charge in [-0.05, 0) is 37.5 Å². The molecule has 1 amide bonds. The Hall–Kier alpha value is -1.46. The Labute approximate surface area is 124 Å². The molecule has 1 aromatic rings. The average Bonchev–Trinajstić information content (AvgIpc) is 2.47. The molecule has 2 fully saturated rings. The van der Waals surface area contributed by atoms with E-state index in [1.54, 1.807) is 12.1 Å². The molecule has 1 aliphatic heterocycles. The number of hydrogen-bond donors (Lipinski definition) is 1. The van der Waals surface area contributed by atoms with Gasteiger partial charge in [-0.1, -0.05) is 6.07 Å². The van der Waals surface area contributed by atoms with Crippen molar-refractivity contribution in [2.24, 2.45) is 0 Å². The first-order valence-corrected chi connectivity index (χ1v) is 7.56. The fourth-order valence-electron chi connectivity index (χ4n) is 3.20. The molecule has 1 aromatic carbocycles. The number of morpholine rings is 1. The maximum atomic E-state index is 13.2. The van der Waals surface area contributed by atoms with Crippen LogP contribution in [0.2, 0.25) is 0 Å². The summed E-state index contributed by atoms with van der Waals surface area (Å²) in [6, 6.07) is 5.82. The maximum absolute atomic E-state index is 13.2. The SMILES string of the molecule is O=C(NCC1(N2CCOCC2)CCC1)c1cccc(F)c1. The fourth-order valence-corrected chi connectivity index (χ4v) is 3.20. The van der Waals surface area contributed by atoms with Gasteiger partial charge < -0.3 is 10.1 Å². The Balaban J connectivity index is 1.61. The standard InChI is InChI=1S/C16H21FN2O2/c17-14-4-1-3-13(11-14)15(20)18-12-16(5-2-6-16)19-7-9-21-10-8-19/h1,3-4,11H,2,5-10,12H2,(H,18,20). The first-order valence-electron chi connectivity index (χ1n) is 7.56. The van der Waals surface area contributed by atoms with Crippen molar-refractivity contribution in [2.45, 2.75) is 24.8 Å². The minimum Gasteiger partial charge on any atom is -0.379 e. The minimum atomic E-state index is -0.380. The summed E-state index contributed by atoms with van der Waals surface area (Å²) >= 11 is 0. The van der Waals surface area contributed by atoms with Crippen molar-refractivity contribution in [3.05, 3.63) is 35.6 Å². The number of nitrogens with one attached hydrogen (secondary N) is 1. The molecule has 114 valence electrons. The molecule has 0 unspecified atom stereocenters. The summed E-state index contributed by atoms with van der Waals surface area (Å²) in [4.78, 5) is 14.6. The van der Waals surface area contributed by atoms with Crippen LogP contribution in [0, 0.1) is 5.82 Å². The number of nitrogens with zero attached hydrogens (tertiary/aromatic N) is 1. The van der Waals surface area contributed by atoms with Crippen LogP contribution in [-0.2, 0) is 4.74 Å². The van der Waals surface area contributed by atoms with Crippen LogP contribution in [0.4, 0.5) is 4.39 Å². The van der Waals surface area contributed by atoms with Gasteiger partial charge in [-0.15, -0.1) is 0 Å². The minimum absolute atomic E-state index is 0.0762. The Morgan fingerprint density at radius 3 is 2.71 bits per heavy atom. The second-order valence-corrected chi connectivity index (χ2v) is 5.87. The first kappa shape index (κ1) is 14.5. The van der Waals surface area contributed by atoms with Crippen LogP contribution in [0.15, 0.2) is 24.3 Å². The van der Waals surface area contributed by atoms with Gasteiger partial charge in [0.05, 0.1) is 13.2 Å². The number of benzene rings is 1. The predicted molar refractivity (Wildman–Crippen MR) is 77.7 cm³/mol. The van der Waals surface area contributed by atoms with E-state index in [9.17, 15) is 9.18 Å². The predicted octanol–water partition coefficient (Wildman–Crippen LogP) is 1.81. The van der Waals surface area contributed by atoms with Gasteiger partial charge in [0.15, 0.2) is 0 Å². The van der Waals surface area contributed by atoms with Gasteiger partial charge >= 0.3 is 0 Å². The lowest BCUT2D eigenvalue weighted by Gasteiger charge is -2.51. The molecule has 3 rings (SSSR count). The van der Waals surface area contributed by atoms with E-state index in [4.69, 9.17) is 4.74 Å². The molecule has 1 saturated heterocycles. The van der Waals surface area contributed by atoms with Gasteiger partial charge in [0.25, 0.3) is 5.91 Å². The van der Waals surface area contributed by atoms with Crippen molar-refractivity contribution >= 4 is 5.91 Å². The second kappa shape index (κ2) is 6.12. The molecular formula is C16H21FN2O2. The first-order chi connectivity index (χ1) is 10.2. The molecule has 0 radical (unpaired) electrons. The number of halogens is 1. The lowest BCUT2D eigenvalue weighted by Crippen LogP contribution is -2.62. The largest absolute Gasteiger partial charge is 0.379 e. The smallest absolute Gasteiger partial charge is 0.251 e. The number of ether oxygens (including phenoxy) is 1. The monoisotopic (exact) mass is 292 g/mol. The molecule has 0 bridgehead atoms. The van der Waals surface area contributed by atoms with Crippen LogP contribution in [0.5, 0.6) is 0 Å². The van der Waals surface area contributed by atoms with E-state index in [2.05, 4.69) is 10.2 Å². The Kier molecular flexibility index (Phi) is 4.22. The lowest BCUT2D eigenvalue weighted by atomic mass is 9.75. The second-order valence-electron chi connectivity index (χ2n) is 5.87. The lowest BCUT2D eigenvalue weighted by molar-refractivity contribution is -0.0540. The third-order valence-corrected chi connectivity index (χ3v) is 4.63. The molecule has 2 aliphatic rings. The number of amides is 1. The van der Waals surface area contributed by atoms with Crippen molar-refractivity contribution < 1.29 is 13.9 Å². The summed E-state index contributed by atoms with van der Waals surface area (Å²) in [6.45, 7) is 4.01. The molecule has 1 aliphatic carbocycles.